The van der Waals surface area contributed by atoms with Crippen molar-refractivity contribution in [3.05, 3.63) is 41.2 Å². The number of H-pyrrole nitrogens is 1. The van der Waals surface area contributed by atoms with Gasteiger partial charge in [-0.05, 0) is 18.2 Å². The molecular weight excluding hydrogens is 256 g/mol. The summed E-state index contributed by atoms with van der Waals surface area (Å²) in [6.45, 7) is 0.207. The number of halogens is 1. The summed E-state index contributed by atoms with van der Waals surface area (Å²) in [4.78, 5) is 14.6. The van der Waals surface area contributed by atoms with Gasteiger partial charge in [0, 0.05) is 18.0 Å². The van der Waals surface area contributed by atoms with Gasteiger partial charge in [0.1, 0.15) is 5.69 Å². The average Bonchev–Trinajstić information content (AvgIpc) is 2.96. The first kappa shape index (κ1) is 11.0. The number of rotatable bonds is 2. The lowest BCUT2D eigenvalue weighted by molar-refractivity contribution is 0.102. The van der Waals surface area contributed by atoms with Gasteiger partial charge in [-0.25, -0.2) is 0 Å². The van der Waals surface area contributed by atoms with E-state index >= 15 is 0 Å². The molecule has 0 atom stereocenters. The number of aromatic nitrogens is 1. The van der Waals surface area contributed by atoms with Crippen molar-refractivity contribution in [3.63, 3.8) is 0 Å². The monoisotopic (exact) mass is 264 g/mol. The molecule has 92 valence electrons. The Morgan fingerprint density at radius 3 is 2.89 bits per heavy atom. The van der Waals surface area contributed by atoms with Crippen molar-refractivity contribution in [2.24, 2.45) is 0 Å². The maximum absolute atomic E-state index is 11.9. The highest BCUT2D eigenvalue weighted by Crippen LogP contribution is 2.34. The number of nitrogens with one attached hydrogen (secondary N) is 2. The maximum Gasteiger partial charge on any atom is 0.272 e. The second-order valence-corrected chi connectivity index (χ2v) is 4.19. The van der Waals surface area contributed by atoms with Gasteiger partial charge in [-0.1, -0.05) is 11.6 Å². The third-order valence-corrected chi connectivity index (χ3v) is 2.74. The lowest BCUT2D eigenvalue weighted by atomic mass is 10.2. The largest absolute Gasteiger partial charge is 0.454 e. The molecule has 1 aliphatic rings. The van der Waals surface area contributed by atoms with Crippen LogP contribution in [0.4, 0.5) is 5.69 Å². The van der Waals surface area contributed by atoms with Crippen LogP contribution in [-0.2, 0) is 0 Å². The molecule has 2 N–H and O–H groups in total. The standard InChI is InChI=1S/C12H9ClN2O3/c13-7-3-9(14-5-7)12(16)15-8-1-2-10-11(4-8)18-6-17-10/h1-5,14H,6H2,(H,15,16). The zero-order chi connectivity index (χ0) is 12.5. The Balaban J connectivity index is 1.78. The van der Waals surface area contributed by atoms with Gasteiger partial charge in [0.15, 0.2) is 11.5 Å². The first-order valence-corrected chi connectivity index (χ1v) is 5.65. The summed E-state index contributed by atoms with van der Waals surface area (Å²) in [6, 6.07) is 6.77. The van der Waals surface area contributed by atoms with Gasteiger partial charge in [0.2, 0.25) is 6.79 Å². The van der Waals surface area contributed by atoms with E-state index in [0.29, 0.717) is 27.9 Å². The lowest BCUT2D eigenvalue weighted by Crippen LogP contribution is -2.11. The molecule has 0 unspecified atom stereocenters. The highest BCUT2D eigenvalue weighted by atomic mass is 35.5. The van der Waals surface area contributed by atoms with Gasteiger partial charge in [-0.15, -0.1) is 0 Å². The number of ether oxygens (including phenoxy) is 2. The quantitative estimate of drug-likeness (QED) is 0.876. The summed E-state index contributed by atoms with van der Waals surface area (Å²) < 4.78 is 10.4. The van der Waals surface area contributed by atoms with Crippen LogP contribution in [0.15, 0.2) is 30.5 Å². The molecule has 2 aromatic rings. The van der Waals surface area contributed by atoms with Gasteiger partial charge in [0.25, 0.3) is 5.91 Å². The van der Waals surface area contributed by atoms with Crippen molar-refractivity contribution in [1.82, 2.24) is 4.98 Å². The van der Waals surface area contributed by atoms with Crippen molar-refractivity contribution in [3.8, 4) is 11.5 Å². The molecule has 2 heterocycles. The number of benzene rings is 1. The molecule has 1 aromatic carbocycles. The fraction of sp³-hybridized carbons (Fsp3) is 0.0833. The molecule has 3 rings (SSSR count). The van der Waals surface area contributed by atoms with E-state index in [0.717, 1.165) is 0 Å². The summed E-state index contributed by atoms with van der Waals surface area (Å²) in [7, 11) is 0. The van der Waals surface area contributed by atoms with Crippen molar-refractivity contribution in [2.45, 2.75) is 0 Å². The number of carbonyl (C=O) groups excluding carboxylic acids is 1. The second kappa shape index (κ2) is 4.27. The first-order valence-electron chi connectivity index (χ1n) is 5.27. The number of fused-ring (bicyclic) bond motifs is 1. The van der Waals surface area contributed by atoms with Crippen molar-refractivity contribution in [1.29, 1.82) is 0 Å². The minimum absolute atomic E-state index is 0.207. The molecule has 18 heavy (non-hydrogen) atoms. The fourth-order valence-electron chi connectivity index (χ4n) is 1.67. The van der Waals surface area contributed by atoms with Crippen LogP contribution in [0.2, 0.25) is 5.02 Å². The van der Waals surface area contributed by atoms with Crippen LogP contribution in [-0.4, -0.2) is 17.7 Å². The topological polar surface area (TPSA) is 63.4 Å². The number of anilines is 1. The summed E-state index contributed by atoms with van der Waals surface area (Å²) >= 11 is 5.74. The van der Waals surface area contributed by atoms with Crippen molar-refractivity contribution in [2.75, 3.05) is 12.1 Å². The molecule has 0 radical (unpaired) electrons. The predicted molar refractivity (Wildman–Crippen MR) is 66.3 cm³/mol. The molecule has 0 saturated heterocycles. The predicted octanol–water partition coefficient (Wildman–Crippen LogP) is 2.65. The third-order valence-electron chi connectivity index (χ3n) is 2.52. The van der Waals surface area contributed by atoms with Gasteiger partial charge >= 0.3 is 0 Å². The second-order valence-electron chi connectivity index (χ2n) is 3.75. The molecular formula is C12H9ClN2O3. The van der Waals surface area contributed by atoms with Gasteiger partial charge in [0.05, 0.1) is 5.02 Å². The molecule has 5 nitrogen and oxygen atoms in total. The van der Waals surface area contributed by atoms with Crippen molar-refractivity contribution >= 4 is 23.2 Å². The van der Waals surface area contributed by atoms with Gasteiger partial charge in [-0.2, -0.15) is 0 Å². The number of hydrogen-bond acceptors (Lipinski definition) is 3. The average molecular weight is 265 g/mol. The fourth-order valence-corrected chi connectivity index (χ4v) is 1.84. The Morgan fingerprint density at radius 1 is 1.28 bits per heavy atom. The normalized spacial score (nSPS) is 12.5. The van der Waals surface area contributed by atoms with E-state index < -0.39 is 0 Å². The van der Waals surface area contributed by atoms with Crippen LogP contribution < -0.4 is 14.8 Å². The smallest absolute Gasteiger partial charge is 0.272 e. The summed E-state index contributed by atoms with van der Waals surface area (Å²) in [5.41, 5.74) is 1.03. The molecule has 0 saturated carbocycles. The molecule has 0 aliphatic carbocycles. The zero-order valence-electron chi connectivity index (χ0n) is 9.20. The van der Waals surface area contributed by atoms with Gasteiger partial charge < -0.3 is 19.8 Å². The zero-order valence-corrected chi connectivity index (χ0v) is 9.95. The molecule has 1 aliphatic heterocycles. The van der Waals surface area contributed by atoms with E-state index in [2.05, 4.69) is 10.3 Å². The third kappa shape index (κ3) is 2.00. The summed E-state index contributed by atoms with van der Waals surface area (Å²) in [5, 5.41) is 3.23. The van der Waals surface area contributed by atoms with E-state index in [1.807, 2.05) is 0 Å². The molecule has 6 heteroatoms. The van der Waals surface area contributed by atoms with Crippen LogP contribution in [0.3, 0.4) is 0 Å². The molecule has 1 aromatic heterocycles. The van der Waals surface area contributed by atoms with Crippen molar-refractivity contribution < 1.29 is 14.3 Å². The van der Waals surface area contributed by atoms with E-state index in [4.69, 9.17) is 21.1 Å². The van der Waals surface area contributed by atoms with E-state index in [-0.39, 0.29) is 12.7 Å². The Hall–Kier alpha value is -2.14. The Kier molecular flexibility index (Phi) is 2.60. The van der Waals surface area contributed by atoms with Crippen LogP contribution in [0.25, 0.3) is 0 Å². The van der Waals surface area contributed by atoms with Gasteiger partial charge in [-0.3, -0.25) is 4.79 Å². The molecule has 0 bridgehead atoms. The number of aromatic amines is 1. The number of amides is 1. The highest BCUT2D eigenvalue weighted by molar-refractivity contribution is 6.31. The first-order chi connectivity index (χ1) is 8.72. The van der Waals surface area contributed by atoms with E-state index in [9.17, 15) is 4.79 Å². The minimum Gasteiger partial charge on any atom is -0.454 e. The Morgan fingerprint density at radius 2 is 2.11 bits per heavy atom. The van der Waals surface area contributed by atoms with Crippen LogP contribution >= 0.6 is 11.6 Å². The lowest BCUT2D eigenvalue weighted by Gasteiger charge is -2.04. The Bertz CT molecular complexity index is 609. The molecule has 0 fully saturated rings. The highest BCUT2D eigenvalue weighted by Gasteiger charge is 2.15. The summed E-state index contributed by atoms with van der Waals surface area (Å²) in [6.07, 6.45) is 1.55. The van der Waals surface area contributed by atoms with Crippen LogP contribution in [0, 0.1) is 0 Å². The Labute approximate surface area is 108 Å². The molecule has 0 spiro atoms. The van der Waals surface area contributed by atoms with E-state index in [1.165, 1.54) is 0 Å². The summed E-state index contributed by atoms with van der Waals surface area (Å²) in [5.74, 6) is 1.04. The molecule has 1 amide bonds. The van der Waals surface area contributed by atoms with Crippen LogP contribution in [0.5, 0.6) is 11.5 Å². The maximum atomic E-state index is 11.9. The number of carbonyl (C=O) groups is 1. The van der Waals surface area contributed by atoms with Crippen LogP contribution in [0.1, 0.15) is 10.5 Å². The SMILES string of the molecule is O=C(Nc1ccc2c(c1)OCO2)c1cc(Cl)c[nH]1. The number of hydrogen-bond donors (Lipinski definition) is 2. The minimum atomic E-state index is -0.263. The van der Waals surface area contributed by atoms with E-state index in [1.54, 1.807) is 30.5 Å².